The smallest absolute Gasteiger partial charge is 0.407 e. The lowest BCUT2D eigenvalue weighted by Gasteiger charge is -2.31. The average Bonchev–Trinajstić information content (AvgIpc) is 3.87. The number of carbonyl (C=O) groups is 4. The monoisotopic (exact) mass is 820 g/mol. The third-order valence-corrected chi connectivity index (χ3v) is 12.4. The number of hydrogen-bond donors (Lipinski definition) is 4. The minimum absolute atomic E-state index is 0.105. The van der Waals surface area contributed by atoms with Crippen molar-refractivity contribution in [3.05, 3.63) is 82.7 Å². The second kappa shape index (κ2) is 16.1. The van der Waals surface area contributed by atoms with Gasteiger partial charge in [0.05, 0.1) is 38.2 Å². The number of nitrogens with one attached hydrogen (secondary N) is 4. The SMILES string of the molecule is COC(=O)N[C@H](C(=O)N1[C@@H]2C[C@@H]2C[C@H]1c1nc(-c2ccc(C#Cc3ccc(-c4cnc([C@@H]5C[C@H]6C[C@H]6N5C(=O)[C@H](NC(=O)OC)C(C)C)[nH]4)cc3)cc2)c(Cl)[nH]1)C(C)C. The molecule has 0 radical (unpaired) electrons. The Morgan fingerprint density at radius 1 is 0.712 bits per heavy atom. The molecule has 15 heteroatoms. The number of amides is 4. The summed E-state index contributed by atoms with van der Waals surface area (Å²) in [6.45, 7) is 7.62. The Morgan fingerprint density at radius 3 is 1.66 bits per heavy atom. The van der Waals surface area contributed by atoms with E-state index in [1.807, 2.05) is 86.0 Å². The number of methoxy groups -OCH3 is 2. The van der Waals surface area contributed by atoms with Crippen LogP contribution in [-0.2, 0) is 19.1 Å². The number of nitrogens with zero attached hydrogens (tertiary/aromatic N) is 4. The van der Waals surface area contributed by atoms with Gasteiger partial charge in [0.1, 0.15) is 34.6 Å². The molecule has 8 rings (SSSR count). The molecule has 4 aromatic rings. The Labute approximate surface area is 348 Å². The highest BCUT2D eigenvalue weighted by Gasteiger charge is 2.57. The molecule has 0 bridgehead atoms. The Bertz CT molecular complexity index is 2310. The molecular formula is C44H49ClN8O6. The van der Waals surface area contributed by atoms with Crippen LogP contribution < -0.4 is 10.6 Å². The van der Waals surface area contributed by atoms with Crippen molar-refractivity contribution in [1.29, 1.82) is 0 Å². The maximum Gasteiger partial charge on any atom is 0.407 e. The minimum Gasteiger partial charge on any atom is -0.453 e. The number of carbonyl (C=O) groups excluding carboxylic acids is 4. The predicted molar refractivity (Wildman–Crippen MR) is 220 cm³/mol. The third kappa shape index (κ3) is 8.00. The predicted octanol–water partition coefficient (Wildman–Crippen LogP) is 6.61. The summed E-state index contributed by atoms with van der Waals surface area (Å²) in [5.41, 5.74) is 4.87. The van der Waals surface area contributed by atoms with Gasteiger partial charge in [0.2, 0.25) is 11.8 Å². The fourth-order valence-electron chi connectivity index (χ4n) is 8.71. The van der Waals surface area contributed by atoms with Crippen LogP contribution in [0.25, 0.3) is 22.5 Å². The van der Waals surface area contributed by atoms with E-state index in [4.69, 9.17) is 31.0 Å². The number of alkyl carbamates (subject to hydrolysis) is 2. The van der Waals surface area contributed by atoms with Crippen molar-refractivity contribution in [2.75, 3.05) is 14.2 Å². The normalized spacial score (nSPS) is 23.5. The third-order valence-electron chi connectivity index (χ3n) is 12.1. The summed E-state index contributed by atoms with van der Waals surface area (Å²) in [7, 11) is 2.58. The molecule has 2 aromatic carbocycles. The number of aromatic nitrogens is 4. The first kappa shape index (κ1) is 40.0. The summed E-state index contributed by atoms with van der Waals surface area (Å²) in [6.07, 6.45) is 4.06. The maximum atomic E-state index is 13.8. The number of benzene rings is 2. The molecule has 4 N–H and O–H groups in total. The van der Waals surface area contributed by atoms with Gasteiger partial charge in [0.15, 0.2) is 0 Å². The summed E-state index contributed by atoms with van der Waals surface area (Å²) >= 11 is 6.71. The van der Waals surface area contributed by atoms with Crippen LogP contribution in [0.3, 0.4) is 0 Å². The number of aromatic amines is 2. The molecule has 2 aromatic heterocycles. The Hall–Kier alpha value is -5.81. The maximum absolute atomic E-state index is 13.8. The molecule has 0 unspecified atom stereocenters. The molecule has 2 saturated carbocycles. The molecular weight excluding hydrogens is 772 g/mol. The number of imidazole rings is 2. The highest BCUT2D eigenvalue weighted by Crippen LogP contribution is 2.54. The molecule has 308 valence electrons. The van der Waals surface area contributed by atoms with Gasteiger partial charge >= 0.3 is 12.2 Å². The fourth-order valence-corrected chi connectivity index (χ4v) is 8.96. The Morgan fingerprint density at radius 2 is 1.19 bits per heavy atom. The van der Waals surface area contributed by atoms with Crippen molar-refractivity contribution >= 4 is 35.6 Å². The van der Waals surface area contributed by atoms with E-state index in [0.29, 0.717) is 28.5 Å². The van der Waals surface area contributed by atoms with E-state index < -0.39 is 24.3 Å². The highest BCUT2D eigenvalue weighted by atomic mass is 35.5. The summed E-state index contributed by atoms with van der Waals surface area (Å²) in [4.78, 5) is 71.7. The first-order valence-electron chi connectivity index (χ1n) is 20.2. The summed E-state index contributed by atoms with van der Waals surface area (Å²) in [6, 6.07) is 14.0. The van der Waals surface area contributed by atoms with Crippen molar-refractivity contribution in [1.82, 2.24) is 40.4 Å². The average molecular weight is 821 g/mol. The largest absolute Gasteiger partial charge is 0.453 e. The fraction of sp³-hybridized carbons (Fsp3) is 0.455. The number of likely N-dealkylation sites (tertiary alicyclic amines) is 2. The van der Waals surface area contributed by atoms with Crippen molar-refractivity contribution in [3.8, 4) is 34.4 Å². The summed E-state index contributed by atoms with van der Waals surface area (Å²) in [5, 5.41) is 5.83. The van der Waals surface area contributed by atoms with E-state index in [2.05, 4.69) is 32.4 Å². The van der Waals surface area contributed by atoms with Crippen LogP contribution in [0.1, 0.15) is 88.2 Å². The lowest BCUT2D eigenvalue weighted by atomic mass is 10.0. The van der Waals surface area contributed by atoms with Gasteiger partial charge in [-0.1, -0.05) is 75.4 Å². The van der Waals surface area contributed by atoms with E-state index in [9.17, 15) is 19.2 Å². The Balaban J connectivity index is 0.917. The second-order valence-electron chi connectivity index (χ2n) is 16.7. The van der Waals surface area contributed by atoms with Crippen LogP contribution >= 0.6 is 11.6 Å². The minimum atomic E-state index is -0.715. The molecule has 4 fully saturated rings. The molecule has 59 heavy (non-hydrogen) atoms. The molecule has 4 heterocycles. The second-order valence-corrected chi connectivity index (χ2v) is 17.1. The molecule has 4 amide bonds. The molecule has 8 atom stereocenters. The van der Waals surface area contributed by atoms with E-state index >= 15 is 0 Å². The number of piperidine rings is 2. The lowest BCUT2D eigenvalue weighted by molar-refractivity contribution is -0.137. The zero-order valence-corrected chi connectivity index (χ0v) is 34.7. The number of hydrogen-bond acceptors (Lipinski definition) is 8. The zero-order chi connectivity index (χ0) is 41.7. The van der Waals surface area contributed by atoms with E-state index in [-0.39, 0.29) is 47.8 Å². The number of halogens is 1. The van der Waals surface area contributed by atoms with E-state index in [1.54, 1.807) is 6.20 Å². The Kier molecular flexibility index (Phi) is 10.9. The molecule has 2 saturated heterocycles. The van der Waals surface area contributed by atoms with Crippen molar-refractivity contribution < 1.29 is 28.7 Å². The van der Waals surface area contributed by atoms with E-state index in [0.717, 1.165) is 59.5 Å². The van der Waals surface area contributed by atoms with Crippen LogP contribution in [0.15, 0.2) is 54.7 Å². The quantitative estimate of drug-likeness (QED) is 0.129. The van der Waals surface area contributed by atoms with Gasteiger partial charge in [-0.3, -0.25) is 9.59 Å². The van der Waals surface area contributed by atoms with Crippen molar-refractivity contribution in [3.63, 3.8) is 0 Å². The number of ether oxygens (including phenoxy) is 2. The van der Waals surface area contributed by atoms with Crippen LogP contribution in [-0.4, -0.2) is 92.1 Å². The molecule has 0 spiro atoms. The topological polar surface area (TPSA) is 175 Å². The molecule has 4 aliphatic rings. The van der Waals surface area contributed by atoms with Gasteiger partial charge in [-0.25, -0.2) is 19.6 Å². The zero-order valence-electron chi connectivity index (χ0n) is 33.9. The number of fused-ring (bicyclic) bond motifs is 2. The van der Waals surface area contributed by atoms with Gasteiger partial charge in [0.25, 0.3) is 0 Å². The van der Waals surface area contributed by atoms with Gasteiger partial charge in [-0.15, -0.1) is 0 Å². The number of rotatable bonds is 10. The lowest BCUT2D eigenvalue weighted by Crippen LogP contribution is -2.52. The van der Waals surface area contributed by atoms with Gasteiger partial charge in [-0.2, -0.15) is 0 Å². The number of H-pyrrole nitrogens is 2. The van der Waals surface area contributed by atoms with E-state index in [1.165, 1.54) is 14.2 Å². The first-order valence-corrected chi connectivity index (χ1v) is 20.6. The highest BCUT2D eigenvalue weighted by molar-refractivity contribution is 6.31. The molecule has 2 aliphatic carbocycles. The van der Waals surface area contributed by atoms with Crippen LogP contribution in [0.4, 0.5) is 9.59 Å². The van der Waals surface area contributed by atoms with Crippen LogP contribution in [0.5, 0.6) is 0 Å². The molecule has 14 nitrogen and oxygen atoms in total. The van der Waals surface area contributed by atoms with Gasteiger partial charge in [-0.05, 0) is 79.2 Å². The van der Waals surface area contributed by atoms with Crippen LogP contribution in [0.2, 0.25) is 5.15 Å². The summed E-state index contributed by atoms with van der Waals surface area (Å²) in [5.74, 6) is 8.19. The first-order chi connectivity index (χ1) is 28.3. The standard InChI is InChI=1S/C44H49ClN8O6/c1-22(2)35(49-43(56)58-5)41(54)52-31-17-28(31)19-33(52)39-46-21-30(47-39)26-13-9-24(10-14-26)7-8-25-11-15-27(16-12-25)37-38(45)51-40(48-37)34-20-29-18-32(29)53(34)42(55)36(23(3)4)50-44(57)59-6/h9-16,21-23,28-29,31-36H,17-20H2,1-6H3,(H,46,47)(H,48,51)(H,49,56)(H,50,57)/t28-,29-,31-,32-,33+,34+,35-,36+/m1/s1. The van der Waals surface area contributed by atoms with Gasteiger partial charge < -0.3 is 39.9 Å². The van der Waals surface area contributed by atoms with Crippen LogP contribution in [0, 0.1) is 35.5 Å². The van der Waals surface area contributed by atoms with Crippen molar-refractivity contribution in [2.24, 2.45) is 23.7 Å². The summed E-state index contributed by atoms with van der Waals surface area (Å²) < 4.78 is 9.57. The van der Waals surface area contributed by atoms with Crippen molar-refractivity contribution in [2.45, 2.75) is 89.6 Å². The van der Waals surface area contributed by atoms with Gasteiger partial charge in [0, 0.05) is 28.8 Å². The molecule has 2 aliphatic heterocycles.